The summed E-state index contributed by atoms with van der Waals surface area (Å²) in [4.78, 5) is 0. The number of aromatic nitrogens is 1. The van der Waals surface area contributed by atoms with E-state index in [2.05, 4.69) is 206 Å². The van der Waals surface area contributed by atoms with Gasteiger partial charge in [-0.3, -0.25) is 0 Å². The number of para-hydroxylation sites is 1. The minimum absolute atomic E-state index is 0.321. The van der Waals surface area contributed by atoms with Crippen LogP contribution in [-0.4, -0.2) is 4.57 Å². The Kier molecular flexibility index (Phi) is 9.15. The summed E-state index contributed by atoms with van der Waals surface area (Å²) in [7, 11) is 0. The Bertz CT molecular complexity index is 2850. The van der Waals surface area contributed by atoms with Crippen molar-refractivity contribution < 1.29 is 0 Å². The Morgan fingerprint density at radius 2 is 1.04 bits per heavy atom. The zero-order chi connectivity index (χ0) is 38.3. The first-order valence-corrected chi connectivity index (χ1v) is 20.7. The molecule has 8 aromatic carbocycles. The molecule has 9 aromatic rings. The Morgan fingerprint density at radius 3 is 1.67 bits per heavy atom. The van der Waals surface area contributed by atoms with Gasteiger partial charge in [-0.25, -0.2) is 0 Å². The lowest BCUT2D eigenvalue weighted by Gasteiger charge is -2.27. The van der Waals surface area contributed by atoms with Crippen molar-refractivity contribution in [1.29, 1.82) is 0 Å². The van der Waals surface area contributed by atoms with Crippen molar-refractivity contribution in [2.24, 2.45) is 0 Å². The van der Waals surface area contributed by atoms with Gasteiger partial charge in [-0.05, 0) is 108 Å². The zero-order valence-corrected chi connectivity index (χ0v) is 32.8. The molecule has 1 heterocycles. The molecule has 0 amide bonds. The first-order valence-electron chi connectivity index (χ1n) is 20.7. The number of hydrogen-bond acceptors (Lipinski definition) is 0. The van der Waals surface area contributed by atoms with Crippen LogP contribution in [0.5, 0.6) is 0 Å². The van der Waals surface area contributed by atoms with Crippen molar-refractivity contribution in [1.82, 2.24) is 4.57 Å². The zero-order valence-electron chi connectivity index (χ0n) is 32.8. The van der Waals surface area contributed by atoms with Crippen molar-refractivity contribution in [3.8, 4) is 33.4 Å². The van der Waals surface area contributed by atoms with Crippen LogP contribution in [-0.2, 0) is 13.0 Å². The number of benzene rings is 8. The highest BCUT2D eigenvalue weighted by molar-refractivity contribution is 6.21. The van der Waals surface area contributed by atoms with Gasteiger partial charge in [-0.15, -0.1) is 0 Å². The summed E-state index contributed by atoms with van der Waals surface area (Å²) in [6, 6.07) is 65.4. The molecule has 0 aliphatic heterocycles. The number of unbranched alkanes of at least 4 members (excludes halogenated alkanes) is 1. The molecule has 10 rings (SSSR count). The Hall–Kier alpha value is -6.44. The monoisotopic (exact) mass is 733 g/mol. The third-order valence-electron chi connectivity index (χ3n) is 12.4. The molecule has 57 heavy (non-hydrogen) atoms. The quantitative estimate of drug-likeness (QED) is 0.130. The van der Waals surface area contributed by atoms with Gasteiger partial charge in [0, 0.05) is 29.1 Å². The van der Waals surface area contributed by atoms with Crippen LogP contribution in [0, 0.1) is 0 Å². The number of aryl methyl sites for hydroxylation is 1. The molecule has 2 atom stereocenters. The average Bonchev–Trinajstić information content (AvgIpc) is 3.59. The van der Waals surface area contributed by atoms with E-state index in [-0.39, 0.29) is 0 Å². The first-order chi connectivity index (χ1) is 28.2. The average molecular weight is 734 g/mol. The summed E-state index contributed by atoms with van der Waals surface area (Å²) in [5.74, 6) is 0.705. The summed E-state index contributed by atoms with van der Waals surface area (Å²) in [6.45, 7) is 5.77. The highest BCUT2D eigenvalue weighted by atomic mass is 15.0. The molecular formula is C56H47N. The van der Waals surface area contributed by atoms with E-state index in [0.717, 1.165) is 13.0 Å². The summed E-state index contributed by atoms with van der Waals surface area (Å²) in [5, 5.41) is 6.54. The Morgan fingerprint density at radius 1 is 0.491 bits per heavy atom. The van der Waals surface area contributed by atoms with E-state index in [4.69, 9.17) is 0 Å². The van der Waals surface area contributed by atoms with Gasteiger partial charge >= 0.3 is 0 Å². The van der Waals surface area contributed by atoms with Gasteiger partial charge in [0.05, 0.1) is 0 Å². The topological polar surface area (TPSA) is 4.93 Å². The molecule has 0 fully saturated rings. The molecule has 2 unspecified atom stereocenters. The molecule has 0 spiro atoms. The number of rotatable bonds is 9. The fourth-order valence-corrected chi connectivity index (χ4v) is 9.65. The number of hydrogen-bond donors (Lipinski definition) is 0. The van der Waals surface area contributed by atoms with Crippen molar-refractivity contribution in [3.63, 3.8) is 0 Å². The molecule has 0 saturated carbocycles. The molecule has 1 aliphatic rings. The number of fused-ring (bicyclic) bond motifs is 5. The fraction of sp³-hybridized carbons (Fsp3) is 0.143. The van der Waals surface area contributed by atoms with Crippen LogP contribution in [0.2, 0.25) is 0 Å². The van der Waals surface area contributed by atoms with Gasteiger partial charge in [0.15, 0.2) is 0 Å². The van der Waals surface area contributed by atoms with Crippen LogP contribution in [0.3, 0.4) is 0 Å². The predicted molar refractivity (Wildman–Crippen MR) is 244 cm³/mol. The van der Waals surface area contributed by atoms with E-state index < -0.39 is 0 Å². The molecule has 276 valence electrons. The van der Waals surface area contributed by atoms with Crippen LogP contribution in [0.1, 0.15) is 66.5 Å². The van der Waals surface area contributed by atoms with Gasteiger partial charge in [0.25, 0.3) is 0 Å². The standard InChI is InChI=1S/C56H47N/c1-3-4-35-57-52-24-13-12-23-51(52)54-38(2)46(33-34-53(54)57)42-27-31-44(32-28-42)56-49-21-10-8-19-47(49)55(48-20-9-11-22-50(48)56)43-29-25-41(26-30-43)45-18-14-17-40(37-45)36-39-15-6-5-7-16-39/h5-34,37-38,46H,3-4,35-36H2,1-2H3. The normalized spacial score (nSPS) is 15.1. The number of allylic oxidation sites excluding steroid dienone is 1. The van der Waals surface area contributed by atoms with Crippen molar-refractivity contribution in [2.75, 3.05) is 0 Å². The maximum atomic E-state index is 2.56. The molecule has 0 radical (unpaired) electrons. The summed E-state index contributed by atoms with van der Waals surface area (Å²) < 4.78 is 2.56. The van der Waals surface area contributed by atoms with Gasteiger partial charge in [0.2, 0.25) is 0 Å². The molecule has 0 N–H and O–H groups in total. The molecule has 0 saturated heterocycles. The van der Waals surface area contributed by atoms with Crippen molar-refractivity contribution in [3.05, 3.63) is 210 Å². The Labute approximate surface area is 336 Å². The maximum absolute atomic E-state index is 2.56. The SMILES string of the molecule is CCCCn1c2c(c3ccccc31)C(C)C(c1ccc(-c3c4ccccc4c(-c4ccc(-c5cccc(Cc6ccccc6)c5)cc4)c4ccccc34)cc1)C=C2. The van der Waals surface area contributed by atoms with E-state index in [1.54, 1.807) is 0 Å². The van der Waals surface area contributed by atoms with Crippen molar-refractivity contribution >= 4 is 38.5 Å². The van der Waals surface area contributed by atoms with Crippen LogP contribution in [0.15, 0.2) is 182 Å². The molecule has 0 bridgehead atoms. The highest BCUT2D eigenvalue weighted by Gasteiger charge is 2.29. The second-order valence-electron chi connectivity index (χ2n) is 15.9. The number of nitrogens with zero attached hydrogens (tertiary/aromatic N) is 1. The van der Waals surface area contributed by atoms with Crippen molar-refractivity contribution in [2.45, 2.75) is 51.5 Å². The van der Waals surface area contributed by atoms with Gasteiger partial charge in [0.1, 0.15) is 0 Å². The molecule has 1 nitrogen and oxygen atoms in total. The third-order valence-corrected chi connectivity index (χ3v) is 12.4. The lowest BCUT2D eigenvalue weighted by atomic mass is 9.77. The van der Waals surface area contributed by atoms with E-state index in [1.807, 2.05) is 0 Å². The highest BCUT2D eigenvalue weighted by Crippen LogP contribution is 2.47. The second-order valence-corrected chi connectivity index (χ2v) is 15.9. The van der Waals surface area contributed by atoms with E-state index in [9.17, 15) is 0 Å². The molecular weight excluding hydrogens is 687 g/mol. The fourth-order valence-electron chi connectivity index (χ4n) is 9.65. The minimum Gasteiger partial charge on any atom is -0.341 e. The van der Waals surface area contributed by atoms with Gasteiger partial charge in [-0.1, -0.05) is 196 Å². The predicted octanol–water partition coefficient (Wildman–Crippen LogP) is 15.3. The molecule has 1 aliphatic carbocycles. The van der Waals surface area contributed by atoms with Crippen LogP contribution < -0.4 is 0 Å². The largest absolute Gasteiger partial charge is 0.341 e. The first kappa shape index (κ1) is 35.0. The van der Waals surface area contributed by atoms with Gasteiger partial charge < -0.3 is 4.57 Å². The third kappa shape index (κ3) is 6.28. The smallest absolute Gasteiger partial charge is 0.0488 e. The summed E-state index contributed by atoms with van der Waals surface area (Å²) in [5.41, 5.74) is 15.9. The lowest BCUT2D eigenvalue weighted by molar-refractivity contribution is 0.625. The van der Waals surface area contributed by atoms with E-state index >= 15 is 0 Å². The lowest BCUT2D eigenvalue weighted by Crippen LogP contribution is -2.12. The Balaban J connectivity index is 1.00. The maximum Gasteiger partial charge on any atom is 0.0488 e. The van der Waals surface area contributed by atoms with E-state index in [0.29, 0.717) is 11.8 Å². The summed E-state index contributed by atoms with van der Waals surface area (Å²) in [6.07, 6.45) is 8.18. The minimum atomic E-state index is 0.321. The molecule has 1 heteroatoms. The van der Waals surface area contributed by atoms with Crippen LogP contribution in [0.25, 0.3) is 71.9 Å². The second kappa shape index (κ2) is 14.9. The van der Waals surface area contributed by atoms with E-state index in [1.165, 1.54) is 107 Å². The van der Waals surface area contributed by atoms with Crippen LogP contribution in [0.4, 0.5) is 0 Å². The summed E-state index contributed by atoms with van der Waals surface area (Å²) >= 11 is 0. The molecule has 1 aromatic heterocycles. The van der Waals surface area contributed by atoms with Crippen LogP contribution >= 0.6 is 0 Å². The van der Waals surface area contributed by atoms with Gasteiger partial charge in [-0.2, -0.15) is 0 Å².